The zero-order chi connectivity index (χ0) is 29.6. The molecule has 5 atom stereocenters. The first-order valence-corrected chi connectivity index (χ1v) is 15.8. The van der Waals surface area contributed by atoms with Crippen LogP contribution in [0.25, 0.3) is 22.3 Å². The first kappa shape index (κ1) is 28.7. The molecule has 5 unspecified atom stereocenters. The Hall–Kier alpha value is -3.36. The molecule has 4 heterocycles. The lowest BCUT2D eigenvalue weighted by Crippen LogP contribution is -2.40. The molecule has 1 aromatic carbocycles. The van der Waals surface area contributed by atoms with Gasteiger partial charge in [0, 0.05) is 55.1 Å². The van der Waals surface area contributed by atoms with Gasteiger partial charge in [-0.1, -0.05) is 6.07 Å². The highest BCUT2D eigenvalue weighted by atomic mass is 32.2. The summed E-state index contributed by atoms with van der Waals surface area (Å²) in [6.07, 6.45) is 6.26. The number of hydrazine groups is 1. The van der Waals surface area contributed by atoms with Gasteiger partial charge in [0.15, 0.2) is 5.65 Å². The van der Waals surface area contributed by atoms with E-state index in [1.54, 1.807) is 24.5 Å². The summed E-state index contributed by atoms with van der Waals surface area (Å²) in [5.74, 6) is -0.0400. The molecular weight excluding hydrogens is 562 g/mol. The van der Waals surface area contributed by atoms with Crippen molar-refractivity contribution in [3.8, 4) is 11.1 Å². The first-order chi connectivity index (χ1) is 20.0. The van der Waals surface area contributed by atoms with Crippen molar-refractivity contribution >= 4 is 21.2 Å². The number of fused-ring (bicyclic) bond motifs is 2. The van der Waals surface area contributed by atoms with Gasteiger partial charge < -0.3 is 9.88 Å². The van der Waals surface area contributed by atoms with Crippen molar-refractivity contribution in [2.75, 3.05) is 20.4 Å². The molecule has 4 N–H and O–H groups in total. The van der Waals surface area contributed by atoms with E-state index in [0.717, 1.165) is 23.9 Å². The van der Waals surface area contributed by atoms with E-state index in [4.69, 9.17) is 4.98 Å². The summed E-state index contributed by atoms with van der Waals surface area (Å²) in [7, 11) is 0.551. The van der Waals surface area contributed by atoms with Crippen LogP contribution in [0.15, 0.2) is 48.9 Å². The van der Waals surface area contributed by atoms with Crippen LogP contribution in [0.5, 0.6) is 0 Å². The number of imidazole rings is 1. The van der Waals surface area contributed by atoms with E-state index in [0.29, 0.717) is 46.5 Å². The van der Waals surface area contributed by atoms with E-state index in [1.807, 2.05) is 20.3 Å². The Morgan fingerprint density at radius 3 is 2.71 bits per heavy atom. The Balaban J connectivity index is 1.29. The number of hydrogen-bond donors (Lipinski definition) is 4. The molecule has 2 fully saturated rings. The minimum Gasteiger partial charge on any atom is -0.339 e. The molecule has 4 aromatic rings. The van der Waals surface area contributed by atoms with Crippen molar-refractivity contribution in [3.63, 3.8) is 0 Å². The van der Waals surface area contributed by atoms with Crippen LogP contribution in [0, 0.1) is 11.7 Å². The lowest BCUT2D eigenvalue weighted by molar-refractivity contribution is 0.152. The average molecular weight is 597 g/mol. The van der Waals surface area contributed by atoms with E-state index < -0.39 is 22.0 Å². The van der Waals surface area contributed by atoms with Crippen LogP contribution in [0.1, 0.15) is 47.3 Å². The van der Waals surface area contributed by atoms with Gasteiger partial charge in [-0.15, -0.1) is 0 Å². The van der Waals surface area contributed by atoms with Gasteiger partial charge >= 0.3 is 0 Å². The second-order valence-corrected chi connectivity index (χ2v) is 13.4. The van der Waals surface area contributed by atoms with Crippen LogP contribution in [0.2, 0.25) is 0 Å². The van der Waals surface area contributed by atoms with Gasteiger partial charge in [0.25, 0.3) is 0 Å². The molecule has 1 saturated carbocycles. The van der Waals surface area contributed by atoms with E-state index in [1.165, 1.54) is 12.1 Å². The number of alkyl halides is 1. The smallest absolute Gasteiger partial charge is 0.209 e. The fourth-order valence-electron chi connectivity index (χ4n) is 6.24. The number of rotatable bonds is 8. The molecule has 0 bridgehead atoms. The predicted octanol–water partition coefficient (Wildman–Crippen LogP) is 3.32. The number of nitrogens with zero attached hydrogens (tertiary/aromatic N) is 4. The Kier molecular flexibility index (Phi) is 7.79. The van der Waals surface area contributed by atoms with Gasteiger partial charge in [0.1, 0.15) is 17.8 Å². The number of aromatic nitrogens is 4. The van der Waals surface area contributed by atoms with Gasteiger partial charge in [-0.05, 0) is 73.5 Å². The molecular formula is C29H34F2N8O2S. The monoisotopic (exact) mass is 596 g/mol. The van der Waals surface area contributed by atoms with Crippen LogP contribution in [-0.4, -0.2) is 65.8 Å². The van der Waals surface area contributed by atoms with Crippen molar-refractivity contribution in [3.05, 3.63) is 77.3 Å². The SMILES string of the molecule is CN(C)Cc1cncc(C2CC3C(CC2F)NNC3c2nc3nccc(-c4cc(F)cc(CNS(C)(=O)=O)c4)c3[nH]2)c1. The van der Waals surface area contributed by atoms with Crippen LogP contribution in [0.4, 0.5) is 8.78 Å². The first-order valence-electron chi connectivity index (χ1n) is 13.9. The van der Waals surface area contributed by atoms with Gasteiger partial charge in [-0.2, -0.15) is 0 Å². The standard InChI is InChI=1S/C29H34F2N8O2S/c1-39(2)15-17-7-19(14-32-12-17)22-10-23-25(11-24(22)31)37-38-27(23)29-35-26-21(4-5-33-28(26)36-29)18-6-16(8-20(30)9-18)13-34-42(3,40)41/h4-9,12,14,22-25,27,34,37-38H,10-11,13,15H2,1-3H3,(H,33,35,36). The Morgan fingerprint density at radius 1 is 1.10 bits per heavy atom. The molecule has 3 aromatic heterocycles. The second kappa shape index (κ2) is 11.4. The molecule has 222 valence electrons. The maximum atomic E-state index is 15.5. The van der Waals surface area contributed by atoms with Crippen LogP contribution in [0.3, 0.4) is 0 Å². The minimum absolute atomic E-state index is 0.0307. The van der Waals surface area contributed by atoms with Crippen molar-refractivity contribution in [2.24, 2.45) is 5.92 Å². The summed E-state index contributed by atoms with van der Waals surface area (Å²) in [5, 5.41) is 0. The van der Waals surface area contributed by atoms with Crippen LogP contribution in [-0.2, 0) is 23.1 Å². The van der Waals surface area contributed by atoms with E-state index in [2.05, 4.69) is 41.5 Å². The highest BCUT2D eigenvalue weighted by molar-refractivity contribution is 7.88. The number of aromatic amines is 1. The molecule has 1 saturated heterocycles. The van der Waals surface area contributed by atoms with E-state index in [-0.39, 0.29) is 30.5 Å². The summed E-state index contributed by atoms with van der Waals surface area (Å²) in [5.41, 5.74) is 11.4. The molecule has 6 rings (SSSR count). The minimum atomic E-state index is -3.44. The third kappa shape index (κ3) is 6.06. The molecule has 0 spiro atoms. The summed E-state index contributed by atoms with van der Waals surface area (Å²) in [4.78, 5) is 19.1. The molecule has 42 heavy (non-hydrogen) atoms. The summed E-state index contributed by atoms with van der Waals surface area (Å²) >= 11 is 0. The molecule has 0 amide bonds. The summed E-state index contributed by atoms with van der Waals surface area (Å²) < 4.78 is 55.6. The molecule has 1 aliphatic carbocycles. The van der Waals surface area contributed by atoms with Gasteiger partial charge in [-0.3, -0.25) is 10.4 Å². The number of H-pyrrole nitrogens is 1. The molecule has 10 nitrogen and oxygen atoms in total. The average Bonchev–Trinajstić information content (AvgIpc) is 3.54. The van der Waals surface area contributed by atoms with Crippen LogP contribution < -0.4 is 15.6 Å². The highest BCUT2D eigenvalue weighted by Crippen LogP contribution is 2.45. The summed E-state index contributed by atoms with van der Waals surface area (Å²) in [6.45, 7) is 0.703. The Morgan fingerprint density at radius 2 is 1.93 bits per heavy atom. The van der Waals surface area contributed by atoms with Gasteiger partial charge in [0.2, 0.25) is 10.0 Å². The molecule has 1 aliphatic heterocycles. The lowest BCUT2D eigenvalue weighted by atomic mass is 9.72. The number of nitrogens with one attached hydrogen (secondary N) is 4. The van der Waals surface area contributed by atoms with Gasteiger partial charge in [0.05, 0.1) is 17.8 Å². The van der Waals surface area contributed by atoms with Crippen molar-refractivity contribution < 1.29 is 17.2 Å². The zero-order valence-electron chi connectivity index (χ0n) is 23.6. The molecule has 13 heteroatoms. The third-order valence-electron chi connectivity index (χ3n) is 8.07. The Bertz CT molecular complexity index is 1710. The number of pyridine rings is 2. The van der Waals surface area contributed by atoms with E-state index in [9.17, 15) is 12.8 Å². The normalized spacial score (nSPS) is 24.4. The van der Waals surface area contributed by atoms with E-state index >= 15 is 4.39 Å². The maximum absolute atomic E-state index is 15.5. The Labute approximate surface area is 243 Å². The summed E-state index contributed by atoms with van der Waals surface area (Å²) in [6, 6.07) is 8.00. The fourth-order valence-corrected chi connectivity index (χ4v) is 6.67. The van der Waals surface area contributed by atoms with Crippen molar-refractivity contribution in [2.45, 2.75) is 50.1 Å². The second-order valence-electron chi connectivity index (χ2n) is 11.6. The van der Waals surface area contributed by atoms with Gasteiger partial charge in [-0.25, -0.2) is 37.3 Å². The van der Waals surface area contributed by atoms with Crippen molar-refractivity contribution in [1.82, 2.24) is 40.4 Å². The van der Waals surface area contributed by atoms with Crippen LogP contribution >= 0.6 is 0 Å². The highest BCUT2D eigenvalue weighted by Gasteiger charge is 2.46. The number of benzene rings is 1. The maximum Gasteiger partial charge on any atom is 0.209 e. The predicted molar refractivity (Wildman–Crippen MR) is 156 cm³/mol. The fraction of sp³-hybridized carbons (Fsp3) is 0.414. The molecule has 0 radical (unpaired) electrons. The number of hydrogen-bond acceptors (Lipinski definition) is 8. The third-order valence-corrected chi connectivity index (χ3v) is 8.73. The topological polar surface area (TPSA) is 128 Å². The largest absolute Gasteiger partial charge is 0.339 e. The lowest BCUT2D eigenvalue weighted by Gasteiger charge is -2.35. The number of halogens is 2. The van der Waals surface area contributed by atoms with Crippen molar-refractivity contribution in [1.29, 1.82) is 0 Å². The zero-order valence-corrected chi connectivity index (χ0v) is 24.4. The number of sulfonamides is 1. The quantitative estimate of drug-likeness (QED) is 0.244. The molecule has 2 aliphatic rings.